The Hall–Kier alpha value is -4.68. The molecule has 0 aliphatic carbocycles. The minimum atomic E-state index is -0.651. The van der Waals surface area contributed by atoms with Gasteiger partial charge in [-0.3, -0.25) is 14.5 Å². The second-order valence-corrected chi connectivity index (χ2v) is 12.4. The average Bonchev–Trinajstić information content (AvgIpc) is 3.11. The van der Waals surface area contributed by atoms with Gasteiger partial charge < -0.3 is 15.0 Å². The van der Waals surface area contributed by atoms with Crippen molar-refractivity contribution in [2.75, 3.05) is 33.3 Å². The van der Waals surface area contributed by atoms with Crippen LogP contribution in [0.25, 0.3) is 6.08 Å². The zero-order valence-corrected chi connectivity index (χ0v) is 28.2. The summed E-state index contributed by atoms with van der Waals surface area (Å²) in [5, 5.41) is 3.16. The highest BCUT2D eigenvalue weighted by Gasteiger charge is 2.33. The van der Waals surface area contributed by atoms with E-state index in [1.54, 1.807) is 7.11 Å². The Bertz CT molecular complexity index is 1660. The van der Waals surface area contributed by atoms with E-state index in [4.69, 9.17) is 4.74 Å². The highest BCUT2D eigenvalue weighted by molar-refractivity contribution is 6.04. The number of piperazine rings is 1. The molecule has 0 radical (unpaired) electrons. The van der Waals surface area contributed by atoms with Crippen LogP contribution in [0.2, 0.25) is 0 Å². The molecule has 0 bridgehead atoms. The van der Waals surface area contributed by atoms with E-state index in [-0.39, 0.29) is 11.8 Å². The van der Waals surface area contributed by atoms with Gasteiger partial charge in [-0.2, -0.15) is 0 Å². The molecule has 1 heterocycles. The summed E-state index contributed by atoms with van der Waals surface area (Å²) >= 11 is 0. The fourth-order valence-electron chi connectivity index (χ4n) is 6.23. The molecule has 0 spiro atoms. The van der Waals surface area contributed by atoms with E-state index in [0.717, 1.165) is 59.6 Å². The smallest absolute Gasteiger partial charge is 0.248 e. The van der Waals surface area contributed by atoms with Gasteiger partial charge in [-0.15, -0.1) is 0 Å². The summed E-state index contributed by atoms with van der Waals surface area (Å²) in [6.07, 6.45) is 3.32. The number of methoxy groups -OCH3 is 1. The summed E-state index contributed by atoms with van der Waals surface area (Å²) in [5.74, 6) is -0.0898. The van der Waals surface area contributed by atoms with Crippen LogP contribution < -0.4 is 10.1 Å². The number of rotatable bonds is 12. The zero-order chi connectivity index (χ0) is 33.2. The molecule has 4 aromatic rings. The van der Waals surface area contributed by atoms with Crippen LogP contribution in [0.1, 0.15) is 45.9 Å². The monoisotopic (exact) mass is 629 g/mol. The first kappa shape index (κ1) is 33.7. The molecule has 0 unspecified atom stereocenters. The Kier molecular flexibility index (Phi) is 11.6. The SMILES string of the molecule is CCc1ccc(CNC(=O)C(=Cc2ccc(OC)c(C)c2C)[C@H](Cc2ccccc2)C(=O)N2CCN(Cc3ccccc3)CC2)cc1. The third kappa shape index (κ3) is 8.78. The first-order chi connectivity index (χ1) is 22.9. The first-order valence-corrected chi connectivity index (χ1v) is 16.7. The zero-order valence-electron chi connectivity index (χ0n) is 28.2. The molecular weight excluding hydrogens is 582 g/mol. The molecule has 1 aliphatic rings. The Morgan fingerprint density at radius 2 is 1.38 bits per heavy atom. The molecule has 6 heteroatoms. The number of ether oxygens (including phenoxy) is 1. The minimum absolute atomic E-state index is 0.00944. The summed E-state index contributed by atoms with van der Waals surface area (Å²) in [6, 6.07) is 32.7. The number of aryl methyl sites for hydroxylation is 1. The molecule has 4 aromatic carbocycles. The van der Waals surface area contributed by atoms with Gasteiger partial charge >= 0.3 is 0 Å². The maximum absolute atomic E-state index is 14.6. The average molecular weight is 630 g/mol. The number of benzene rings is 4. The van der Waals surface area contributed by atoms with Crippen LogP contribution in [0, 0.1) is 19.8 Å². The largest absolute Gasteiger partial charge is 0.496 e. The van der Waals surface area contributed by atoms with Crippen molar-refractivity contribution in [2.45, 2.75) is 46.7 Å². The molecular formula is C41H47N3O3. The van der Waals surface area contributed by atoms with Crippen molar-refractivity contribution in [3.63, 3.8) is 0 Å². The Morgan fingerprint density at radius 3 is 2.00 bits per heavy atom. The lowest BCUT2D eigenvalue weighted by Gasteiger charge is -2.37. The predicted octanol–water partition coefficient (Wildman–Crippen LogP) is 6.78. The number of hydrogen-bond donors (Lipinski definition) is 1. The summed E-state index contributed by atoms with van der Waals surface area (Å²) in [7, 11) is 1.66. The highest BCUT2D eigenvalue weighted by Crippen LogP contribution is 2.29. The number of carbonyl (C=O) groups excluding carboxylic acids is 2. The highest BCUT2D eigenvalue weighted by atomic mass is 16.5. The van der Waals surface area contributed by atoms with Gasteiger partial charge in [-0.1, -0.05) is 97.9 Å². The number of hydrogen-bond acceptors (Lipinski definition) is 4. The van der Waals surface area contributed by atoms with Crippen LogP contribution in [0.15, 0.2) is 103 Å². The van der Waals surface area contributed by atoms with Crippen molar-refractivity contribution in [1.29, 1.82) is 0 Å². The van der Waals surface area contributed by atoms with E-state index in [2.05, 4.69) is 65.7 Å². The van der Waals surface area contributed by atoms with Crippen LogP contribution >= 0.6 is 0 Å². The quantitative estimate of drug-likeness (QED) is 0.176. The third-order valence-electron chi connectivity index (χ3n) is 9.35. The van der Waals surface area contributed by atoms with Gasteiger partial charge in [0, 0.05) is 44.8 Å². The molecule has 0 aromatic heterocycles. The Morgan fingerprint density at radius 1 is 0.766 bits per heavy atom. The van der Waals surface area contributed by atoms with Crippen molar-refractivity contribution in [2.24, 2.45) is 5.92 Å². The lowest BCUT2D eigenvalue weighted by molar-refractivity contribution is -0.137. The van der Waals surface area contributed by atoms with Crippen molar-refractivity contribution in [3.05, 3.63) is 142 Å². The van der Waals surface area contributed by atoms with Crippen LogP contribution in [-0.2, 0) is 35.5 Å². The van der Waals surface area contributed by atoms with Crippen LogP contribution in [0.3, 0.4) is 0 Å². The molecule has 1 fully saturated rings. The summed E-state index contributed by atoms with van der Waals surface area (Å²) < 4.78 is 5.56. The summed E-state index contributed by atoms with van der Waals surface area (Å²) in [5.41, 5.74) is 7.97. The fraction of sp³-hybridized carbons (Fsp3) is 0.317. The third-order valence-corrected chi connectivity index (χ3v) is 9.35. The lowest BCUT2D eigenvalue weighted by Crippen LogP contribution is -2.51. The van der Waals surface area contributed by atoms with Gasteiger partial charge in [-0.05, 0) is 77.8 Å². The summed E-state index contributed by atoms with van der Waals surface area (Å²) in [6.45, 7) is 10.2. The molecule has 2 amide bonds. The predicted molar refractivity (Wildman–Crippen MR) is 190 cm³/mol. The van der Waals surface area contributed by atoms with E-state index in [0.29, 0.717) is 31.6 Å². The van der Waals surface area contributed by atoms with Gasteiger partial charge in [0.1, 0.15) is 5.75 Å². The van der Waals surface area contributed by atoms with Crippen molar-refractivity contribution in [1.82, 2.24) is 15.1 Å². The number of carbonyl (C=O) groups is 2. The van der Waals surface area contributed by atoms with Gasteiger partial charge in [0.2, 0.25) is 11.8 Å². The second-order valence-electron chi connectivity index (χ2n) is 12.4. The van der Waals surface area contributed by atoms with Crippen molar-refractivity contribution >= 4 is 17.9 Å². The molecule has 0 saturated carbocycles. The molecule has 244 valence electrons. The minimum Gasteiger partial charge on any atom is -0.496 e. The first-order valence-electron chi connectivity index (χ1n) is 16.7. The van der Waals surface area contributed by atoms with E-state index in [1.165, 1.54) is 11.1 Å². The van der Waals surface area contributed by atoms with Crippen molar-refractivity contribution < 1.29 is 14.3 Å². The summed E-state index contributed by atoms with van der Waals surface area (Å²) in [4.78, 5) is 33.2. The number of nitrogens with zero attached hydrogens (tertiary/aromatic N) is 2. The maximum atomic E-state index is 14.6. The van der Waals surface area contributed by atoms with E-state index < -0.39 is 5.92 Å². The maximum Gasteiger partial charge on any atom is 0.248 e. The van der Waals surface area contributed by atoms with Crippen LogP contribution in [-0.4, -0.2) is 54.9 Å². The Balaban J connectivity index is 1.46. The normalized spacial score (nSPS) is 14.5. The van der Waals surface area contributed by atoms with E-state index in [1.807, 2.05) is 73.4 Å². The Labute approximate surface area is 280 Å². The molecule has 47 heavy (non-hydrogen) atoms. The number of amides is 2. The molecule has 1 saturated heterocycles. The second kappa shape index (κ2) is 16.2. The van der Waals surface area contributed by atoms with Crippen LogP contribution in [0.4, 0.5) is 0 Å². The molecule has 5 rings (SSSR count). The van der Waals surface area contributed by atoms with Crippen LogP contribution in [0.5, 0.6) is 5.75 Å². The molecule has 1 N–H and O–H groups in total. The van der Waals surface area contributed by atoms with E-state index in [9.17, 15) is 9.59 Å². The fourth-order valence-corrected chi connectivity index (χ4v) is 6.23. The van der Waals surface area contributed by atoms with Crippen molar-refractivity contribution in [3.8, 4) is 5.75 Å². The molecule has 6 nitrogen and oxygen atoms in total. The van der Waals surface area contributed by atoms with Gasteiger partial charge in [0.05, 0.1) is 13.0 Å². The van der Waals surface area contributed by atoms with E-state index >= 15 is 0 Å². The molecule has 1 atom stereocenters. The van der Waals surface area contributed by atoms with Gasteiger partial charge in [0.15, 0.2) is 0 Å². The van der Waals surface area contributed by atoms with Gasteiger partial charge in [0.25, 0.3) is 0 Å². The molecule has 1 aliphatic heterocycles. The lowest BCUT2D eigenvalue weighted by atomic mass is 9.87. The number of nitrogens with one attached hydrogen (secondary N) is 1. The topological polar surface area (TPSA) is 61.9 Å². The van der Waals surface area contributed by atoms with Gasteiger partial charge in [-0.25, -0.2) is 0 Å². The standard InChI is InChI=1S/C41H47N3O3/c1-5-32-16-18-34(19-17-32)28-42-40(45)37(27-36-20-21-39(47-4)31(3)30(36)2)38(26-33-12-8-6-9-13-33)41(46)44-24-22-43(23-25-44)29-35-14-10-7-11-15-35/h6-21,27,38H,5,22-26,28-29H2,1-4H3,(H,42,45)/t38-/m0/s1.